The normalized spacial score (nSPS) is 28.6. The van der Waals surface area contributed by atoms with Crippen LogP contribution in [-0.4, -0.2) is 43.6 Å². The number of nitrogens with zero attached hydrogens (tertiary/aromatic N) is 1. The summed E-state index contributed by atoms with van der Waals surface area (Å²) in [4.78, 5) is 11.9. The molecule has 0 amide bonds. The predicted molar refractivity (Wildman–Crippen MR) is 54.8 cm³/mol. The van der Waals surface area contributed by atoms with Gasteiger partial charge in [0.05, 0.1) is 6.10 Å². The summed E-state index contributed by atoms with van der Waals surface area (Å²) >= 11 is 0. The number of carbonyl (C=O) groups excluding carboxylic acids is 1. The van der Waals surface area contributed by atoms with Crippen molar-refractivity contribution in [2.75, 3.05) is 20.7 Å². The van der Waals surface area contributed by atoms with Gasteiger partial charge in [-0.15, -0.1) is 0 Å². The second-order valence-electron chi connectivity index (χ2n) is 3.98. The largest absolute Gasteiger partial charge is 0.379 e. The van der Waals surface area contributed by atoms with Gasteiger partial charge in [-0.2, -0.15) is 0 Å². The van der Waals surface area contributed by atoms with Gasteiger partial charge in [0.25, 0.3) is 0 Å². The molecule has 0 aromatic carbocycles. The number of rotatable bonds is 4. The van der Waals surface area contributed by atoms with E-state index in [1.54, 1.807) is 7.11 Å². The third-order valence-electron chi connectivity index (χ3n) is 2.79. The Morgan fingerprint density at radius 1 is 1.57 bits per heavy atom. The van der Waals surface area contributed by atoms with Crippen LogP contribution >= 0.6 is 0 Å². The molecule has 0 radical (unpaired) electrons. The van der Waals surface area contributed by atoms with Crippen LogP contribution in [-0.2, 0) is 9.53 Å². The van der Waals surface area contributed by atoms with E-state index in [9.17, 15) is 4.79 Å². The maximum absolute atomic E-state index is 11.9. The fourth-order valence-electron chi connectivity index (χ4n) is 1.94. The van der Waals surface area contributed by atoms with Gasteiger partial charge in [0.15, 0.2) is 5.78 Å². The highest BCUT2D eigenvalue weighted by atomic mass is 16.5. The van der Waals surface area contributed by atoms with Gasteiger partial charge in [0.1, 0.15) is 6.04 Å². The van der Waals surface area contributed by atoms with Crippen LogP contribution in [0, 0.1) is 5.92 Å². The maximum Gasteiger partial charge on any atom is 0.156 e. The first-order chi connectivity index (χ1) is 6.61. The molecule has 1 fully saturated rings. The summed E-state index contributed by atoms with van der Waals surface area (Å²) in [6.45, 7) is 4.74. The highest BCUT2D eigenvalue weighted by molar-refractivity contribution is 5.86. The molecule has 4 nitrogen and oxygen atoms in total. The smallest absolute Gasteiger partial charge is 0.156 e. The Labute approximate surface area is 85.6 Å². The number of hydrazine groups is 1. The van der Waals surface area contributed by atoms with E-state index < -0.39 is 0 Å². The van der Waals surface area contributed by atoms with E-state index in [1.165, 1.54) is 0 Å². The summed E-state index contributed by atoms with van der Waals surface area (Å²) in [5.74, 6) is 0.315. The highest BCUT2D eigenvalue weighted by Crippen LogP contribution is 2.21. The van der Waals surface area contributed by atoms with E-state index in [-0.39, 0.29) is 23.8 Å². The van der Waals surface area contributed by atoms with Gasteiger partial charge >= 0.3 is 0 Å². The van der Waals surface area contributed by atoms with Crippen molar-refractivity contribution < 1.29 is 9.53 Å². The molecule has 4 heteroatoms. The Morgan fingerprint density at radius 3 is 2.64 bits per heavy atom. The molecule has 1 N–H and O–H groups in total. The predicted octanol–water partition coefficient (Wildman–Crippen LogP) is 0.435. The molecule has 1 aliphatic heterocycles. The zero-order valence-electron chi connectivity index (χ0n) is 9.41. The quantitative estimate of drug-likeness (QED) is 0.715. The number of hydrogen-bond acceptors (Lipinski definition) is 4. The average molecular weight is 200 g/mol. The number of ketones is 1. The number of carbonyl (C=O) groups is 1. The first kappa shape index (κ1) is 11.6. The lowest BCUT2D eigenvalue weighted by atomic mass is 9.98. The van der Waals surface area contributed by atoms with Crippen LogP contribution in [0.25, 0.3) is 0 Å². The minimum Gasteiger partial charge on any atom is -0.379 e. The van der Waals surface area contributed by atoms with Crippen LogP contribution in [0.3, 0.4) is 0 Å². The molecule has 0 spiro atoms. The summed E-state index contributed by atoms with van der Waals surface area (Å²) in [7, 11) is 3.52. The second kappa shape index (κ2) is 4.87. The van der Waals surface area contributed by atoms with E-state index in [4.69, 9.17) is 4.74 Å². The molecule has 1 heterocycles. The van der Waals surface area contributed by atoms with E-state index in [2.05, 4.69) is 5.43 Å². The molecule has 0 unspecified atom stereocenters. The number of hydrogen-bond donors (Lipinski definition) is 1. The van der Waals surface area contributed by atoms with Crippen LogP contribution in [0.15, 0.2) is 0 Å². The van der Waals surface area contributed by atoms with Crippen LogP contribution in [0.1, 0.15) is 20.3 Å². The Bertz CT molecular complexity index is 194. The average Bonchev–Trinajstić information content (AvgIpc) is 2.58. The molecule has 1 aliphatic rings. The third kappa shape index (κ3) is 2.13. The molecule has 0 aromatic heterocycles. The van der Waals surface area contributed by atoms with Gasteiger partial charge in [0, 0.05) is 19.6 Å². The first-order valence-corrected chi connectivity index (χ1v) is 5.12. The molecule has 82 valence electrons. The van der Waals surface area contributed by atoms with E-state index in [0.29, 0.717) is 0 Å². The molecule has 2 atom stereocenters. The fraction of sp³-hybridized carbons (Fsp3) is 0.900. The lowest BCUT2D eigenvalue weighted by Gasteiger charge is -2.26. The van der Waals surface area contributed by atoms with Gasteiger partial charge < -0.3 is 4.74 Å². The number of nitrogens with one attached hydrogen (secondary N) is 1. The van der Waals surface area contributed by atoms with Crippen molar-refractivity contribution >= 4 is 5.78 Å². The summed E-state index contributed by atoms with van der Waals surface area (Å²) in [5, 5.41) is 1.97. The maximum atomic E-state index is 11.9. The van der Waals surface area contributed by atoms with Crippen molar-refractivity contribution in [2.45, 2.75) is 32.4 Å². The Hall–Kier alpha value is -0.450. The molecule has 1 saturated heterocycles. The molecule has 0 aliphatic carbocycles. The number of ether oxygens (including phenoxy) is 1. The summed E-state index contributed by atoms with van der Waals surface area (Å²) < 4.78 is 5.32. The minimum atomic E-state index is -0.120. The standard InChI is InChI=1S/C10H20N2O2/c1-7(2)10(13)9-8(14-4)5-6-12(9)11-3/h7-9,11H,5-6H2,1-4H3/t8-,9-/m0/s1. The van der Waals surface area contributed by atoms with E-state index in [0.717, 1.165) is 13.0 Å². The SMILES string of the molecule is CNN1CC[C@H](OC)[C@H]1C(=O)C(C)C. The van der Waals surface area contributed by atoms with E-state index in [1.807, 2.05) is 25.9 Å². The Balaban J connectivity index is 2.73. The fourth-order valence-corrected chi connectivity index (χ4v) is 1.94. The number of Topliss-reactive ketones (excluding diaryl/α,β-unsaturated/α-hetero) is 1. The van der Waals surface area contributed by atoms with Gasteiger partial charge in [-0.3, -0.25) is 10.2 Å². The van der Waals surface area contributed by atoms with Gasteiger partial charge in [-0.05, 0) is 13.5 Å². The molecule has 1 rings (SSSR count). The molecule has 0 saturated carbocycles. The third-order valence-corrected chi connectivity index (χ3v) is 2.79. The Kier molecular flexibility index (Phi) is 4.04. The van der Waals surface area contributed by atoms with Crippen molar-refractivity contribution in [3.8, 4) is 0 Å². The summed E-state index contributed by atoms with van der Waals surface area (Å²) in [6, 6.07) is -0.120. The zero-order chi connectivity index (χ0) is 10.7. The van der Waals surface area contributed by atoms with Gasteiger partial charge in [-0.1, -0.05) is 13.8 Å². The topological polar surface area (TPSA) is 41.6 Å². The molecule has 0 aromatic rings. The van der Waals surface area contributed by atoms with Crippen LogP contribution in [0.5, 0.6) is 0 Å². The molecule has 14 heavy (non-hydrogen) atoms. The van der Waals surface area contributed by atoms with Gasteiger partial charge in [-0.25, -0.2) is 5.01 Å². The van der Waals surface area contributed by atoms with Crippen LogP contribution in [0.4, 0.5) is 0 Å². The molecular weight excluding hydrogens is 180 g/mol. The summed E-state index contributed by atoms with van der Waals surface area (Å²) in [6.07, 6.45) is 0.956. The molecular formula is C10H20N2O2. The van der Waals surface area contributed by atoms with Crippen LogP contribution in [0.2, 0.25) is 0 Å². The van der Waals surface area contributed by atoms with Crippen molar-refractivity contribution in [1.82, 2.24) is 10.4 Å². The van der Waals surface area contributed by atoms with Crippen molar-refractivity contribution in [3.05, 3.63) is 0 Å². The minimum absolute atomic E-state index is 0.0392. The second-order valence-corrected chi connectivity index (χ2v) is 3.98. The lowest BCUT2D eigenvalue weighted by molar-refractivity contribution is -0.130. The van der Waals surface area contributed by atoms with Crippen molar-refractivity contribution in [1.29, 1.82) is 0 Å². The lowest BCUT2D eigenvalue weighted by Crippen LogP contribution is -2.49. The zero-order valence-corrected chi connectivity index (χ0v) is 9.41. The first-order valence-electron chi connectivity index (χ1n) is 5.12. The monoisotopic (exact) mass is 200 g/mol. The summed E-state index contributed by atoms with van der Waals surface area (Å²) in [5.41, 5.74) is 3.05. The van der Waals surface area contributed by atoms with Crippen LogP contribution < -0.4 is 5.43 Å². The molecule has 0 bridgehead atoms. The van der Waals surface area contributed by atoms with Crippen molar-refractivity contribution in [3.63, 3.8) is 0 Å². The van der Waals surface area contributed by atoms with Gasteiger partial charge in [0.2, 0.25) is 0 Å². The van der Waals surface area contributed by atoms with Crippen molar-refractivity contribution in [2.24, 2.45) is 5.92 Å². The van der Waals surface area contributed by atoms with E-state index >= 15 is 0 Å². The highest BCUT2D eigenvalue weighted by Gasteiger charge is 2.39. The number of methoxy groups -OCH3 is 1. The Morgan fingerprint density at radius 2 is 2.21 bits per heavy atom.